The van der Waals surface area contributed by atoms with Crippen molar-refractivity contribution in [3.63, 3.8) is 0 Å². The Balaban J connectivity index is 1.63. The number of hydrogen-bond donors (Lipinski definition) is 1. The molecule has 24 heavy (non-hydrogen) atoms. The minimum Gasteiger partial charge on any atom is -0.481 e. The van der Waals surface area contributed by atoms with Crippen LogP contribution >= 0.6 is 27.7 Å². The molecular weight excluding hydrogens is 386 g/mol. The molecule has 3 nitrogen and oxygen atoms in total. The van der Waals surface area contributed by atoms with Crippen molar-refractivity contribution in [2.75, 3.05) is 12.3 Å². The standard InChI is InChI=1S/C19H22BrNO2S/c1-14-3-5-16(6-4-14)13-24-12-11-21-19(22)15(2)23-18-9-7-17(20)8-10-18/h3-10,15H,11-13H2,1-2H3,(H,21,22)/t15-/m0/s1. The number of hydrogen-bond acceptors (Lipinski definition) is 3. The van der Waals surface area contributed by atoms with Crippen LogP contribution < -0.4 is 10.1 Å². The number of carbonyl (C=O) groups excluding carboxylic acids is 1. The van der Waals surface area contributed by atoms with E-state index in [9.17, 15) is 4.79 Å². The molecule has 5 heteroatoms. The maximum absolute atomic E-state index is 12.0. The van der Waals surface area contributed by atoms with E-state index >= 15 is 0 Å². The van der Waals surface area contributed by atoms with Crippen LogP contribution in [0.25, 0.3) is 0 Å². The Labute approximate surface area is 156 Å². The molecule has 0 fully saturated rings. The van der Waals surface area contributed by atoms with E-state index in [2.05, 4.69) is 52.4 Å². The fraction of sp³-hybridized carbons (Fsp3) is 0.316. The molecule has 0 heterocycles. The quantitative estimate of drug-likeness (QED) is 0.650. The highest BCUT2D eigenvalue weighted by molar-refractivity contribution is 9.10. The van der Waals surface area contributed by atoms with Gasteiger partial charge in [0.2, 0.25) is 0 Å². The zero-order chi connectivity index (χ0) is 17.4. The van der Waals surface area contributed by atoms with Crippen LogP contribution in [0.5, 0.6) is 5.75 Å². The van der Waals surface area contributed by atoms with E-state index in [1.165, 1.54) is 11.1 Å². The summed E-state index contributed by atoms with van der Waals surface area (Å²) in [7, 11) is 0. The van der Waals surface area contributed by atoms with Gasteiger partial charge < -0.3 is 10.1 Å². The first-order valence-corrected chi connectivity index (χ1v) is 9.82. The molecule has 0 unspecified atom stereocenters. The highest BCUT2D eigenvalue weighted by Gasteiger charge is 2.13. The van der Waals surface area contributed by atoms with E-state index < -0.39 is 6.10 Å². The Morgan fingerprint density at radius 2 is 1.83 bits per heavy atom. The molecule has 1 amide bonds. The lowest BCUT2D eigenvalue weighted by Gasteiger charge is -2.14. The highest BCUT2D eigenvalue weighted by atomic mass is 79.9. The molecule has 0 aromatic heterocycles. The fourth-order valence-corrected chi connectivity index (χ4v) is 3.12. The normalized spacial score (nSPS) is 11.8. The van der Waals surface area contributed by atoms with Gasteiger partial charge in [-0.2, -0.15) is 11.8 Å². The monoisotopic (exact) mass is 407 g/mol. The van der Waals surface area contributed by atoms with Crippen LogP contribution in [0, 0.1) is 6.92 Å². The van der Waals surface area contributed by atoms with E-state index in [1.807, 2.05) is 36.0 Å². The summed E-state index contributed by atoms with van der Waals surface area (Å²) >= 11 is 5.18. The van der Waals surface area contributed by atoms with Gasteiger partial charge in [-0.05, 0) is 43.7 Å². The summed E-state index contributed by atoms with van der Waals surface area (Å²) in [5.41, 5.74) is 2.58. The summed E-state index contributed by atoms with van der Waals surface area (Å²) in [4.78, 5) is 12.0. The minimum absolute atomic E-state index is 0.0890. The van der Waals surface area contributed by atoms with E-state index in [1.54, 1.807) is 6.92 Å². The maximum Gasteiger partial charge on any atom is 0.260 e. The summed E-state index contributed by atoms with van der Waals surface area (Å²) in [5.74, 6) is 2.44. The number of carbonyl (C=O) groups is 1. The lowest BCUT2D eigenvalue weighted by molar-refractivity contribution is -0.127. The van der Waals surface area contributed by atoms with Gasteiger partial charge in [-0.25, -0.2) is 0 Å². The van der Waals surface area contributed by atoms with Gasteiger partial charge in [-0.1, -0.05) is 45.8 Å². The van der Waals surface area contributed by atoms with E-state index in [0.717, 1.165) is 16.0 Å². The predicted octanol–water partition coefficient (Wildman–Crippen LogP) is 4.57. The molecule has 0 radical (unpaired) electrons. The van der Waals surface area contributed by atoms with Crippen LogP contribution in [-0.4, -0.2) is 24.3 Å². The van der Waals surface area contributed by atoms with Gasteiger partial charge in [0.1, 0.15) is 5.75 Å². The van der Waals surface area contributed by atoms with Crippen LogP contribution in [0.4, 0.5) is 0 Å². The molecular formula is C19H22BrNO2S. The van der Waals surface area contributed by atoms with E-state index in [-0.39, 0.29) is 5.91 Å². The largest absolute Gasteiger partial charge is 0.481 e. The Morgan fingerprint density at radius 1 is 1.17 bits per heavy atom. The van der Waals surface area contributed by atoms with Crippen molar-refractivity contribution >= 4 is 33.6 Å². The van der Waals surface area contributed by atoms with Crippen LogP contribution in [0.1, 0.15) is 18.1 Å². The average molecular weight is 408 g/mol. The predicted molar refractivity (Wildman–Crippen MR) is 105 cm³/mol. The number of rotatable bonds is 8. The Kier molecular flexibility index (Phi) is 7.66. The molecule has 1 N–H and O–H groups in total. The van der Waals surface area contributed by atoms with Crippen molar-refractivity contribution in [1.29, 1.82) is 0 Å². The molecule has 128 valence electrons. The lowest BCUT2D eigenvalue weighted by atomic mass is 10.2. The molecule has 2 rings (SSSR count). The topological polar surface area (TPSA) is 38.3 Å². The molecule has 0 bridgehead atoms. The third-order valence-electron chi connectivity index (χ3n) is 3.43. The third-order valence-corrected chi connectivity index (χ3v) is 4.99. The summed E-state index contributed by atoms with van der Waals surface area (Å²) < 4.78 is 6.61. The van der Waals surface area contributed by atoms with E-state index in [0.29, 0.717) is 12.3 Å². The third kappa shape index (κ3) is 6.57. The minimum atomic E-state index is -0.506. The average Bonchev–Trinajstić information content (AvgIpc) is 2.58. The van der Waals surface area contributed by atoms with E-state index in [4.69, 9.17) is 4.74 Å². The van der Waals surface area contributed by atoms with Gasteiger partial charge in [-0.15, -0.1) is 0 Å². The van der Waals surface area contributed by atoms with Crippen molar-refractivity contribution in [3.8, 4) is 5.75 Å². The van der Waals surface area contributed by atoms with Crippen molar-refractivity contribution in [2.45, 2.75) is 25.7 Å². The first-order valence-electron chi connectivity index (χ1n) is 7.88. The van der Waals surface area contributed by atoms with Gasteiger partial charge in [0.05, 0.1) is 0 Å². The second kappa shape index (κ2) is 9.74. The molecule has 2 aromatic carbocycles. The molecule has 1 atom stereocenters. The smallest absolute Gasteiger partial charge is 0.260 e. The SMILES string of the molecule is Cc1ccc(CSCCNC(=O)[C@H](C)Oc2ccc(Br)cc2)cc1. The van der Waals surface area contributed by atoms with Gasteiger partial charge in [0.15, 0.2) is 6.10 Å². The molecule has 0 aliphatic rings. The number of aryl methyl sites for hydroxylation is 1. The number of nitrogens with one attached hydrogen (secondary N) is 1. The summed E-state index contributed by atoms with van der Waals surface area (Å²) in [6.45, 7) is 4.49. The van der Waals surface area contributed by atoms with Crippen LogP contribution in [0.3, 0.4) is 0 Å². The molecule has 0 aliphatic heterocycles. The first kappa shape index (κ1) is 18.9. The molecule has 2 aromatic rings. The molecule has 0 spiro atoms. The number of benzene rings is 2. The summed E-state index contributed by atoms with van der Waals surface area (Å²) in [6.07, 6.45) is -0.506. The number of amides is 1. The maximum atomic E-state index is 12.0. The van der Waals surface area contributed by atoms with Gasteiger partial charge in [-0.3, -0.25) is 4.79 Å². The van der Waals surface area contributed by atoms with Crippen molar-refractivity contribution in [1.82, 2.24) is 5.32 Å². The van der Waals surface area contributed by atoms with Crippen molar-refractivity contribution in [2.24, 2.45) is 0 Å². The number of halogens is 1. The molecule has 0 saturated carbocycles. The fourth-order valence-electron chi connectivity index (χ4n) is 2.04. The number of ether oxygens (including phenoxy) is 1. The lowest BCUT2D eigenvalue weighted by Crippen LogP contribution is -2.37. The van der Waals surface area contributed by atoms with Crippen molar-refractivity contribution in [3.05, 3.63) is 64.1 Å². The highest BCUT2D eigenvalue weighted by Crippen LogP contribution is 2.17. The van der Waals surface area contributed by atoms with Gasteiger partial charge in [0.25, 0.3) is 5.91 Å². The van der Waals surface area contributed by atoms with Gasteiger partial charge >= 0.3 is 0 Å². The Bertz CT molecular complexity index is 643. The van der Waals surface area contributed by atoms with Crippen molar-refractivity contribution < 1.29 is 9.53 Å². The summed E-state index contributed by atoms with van der Waals surface area (Å²) in [6, 6.07) is 16.0. The second-order valence-corrected chi connectivity index (χ2v) is 7.56. The Morgan fingerprint density at radius 3 is 2.50 bits per heavy atom. The second-order valence-electron chi connectivity index (χ2n) is 5.54. The van der Waals surface area contributed by atoms with Crippen LogP contribution in [0.15, 0.2) is 53.0 Å². The van der Waals surface area contributed by atoms with Crippen LogP contribution in [-0.2, 0) is 10.5 Å². The molecule has 0 aliphatic carbocycles. The first-order chi connectivity index (χ1) is 11.5. The molecule has 0 saturated heterocycles. The van der Waals surface area contributed by atoms with Crippen LogP contribution in [0.2, 0.25) is 0 Å². The van der Waals surface area contributed by atoms with Gasteiger partial charge in [0, 0.05) is 22.5 Å². The Hall–Kier alpha value is -1.46. The zero-order valence-electron chi connectivity index (χ0n) is 13.9. The number of thioether (sulfide) groups is 1. The zero-order valence-corrected chi connectivity index (χ0v) is 16.3. The summed E-state index contributed by atoms with van der Waals surface area (Å²) in [5, 5.41) is 2.92.